The third-order valence-electron chi connectivity index (χ3n) is 3.69. The van der Waals surface area contributed by atoms with E-state index in [1.807, 2.05) is 0 Å². The van der Waals surface area contributed by atoms with E-state index in [0.29, 0.717) is 11.4 Å². The Balaban J connectivity index is 2.28. The summed E-state index contributed by atoms with van der Waals surface area (Å²) in [5, 5.41) is 2.86. The average Bonchev–Trinajstić information content (AvgIpc) is 2.60. The predicted octanol–water partition coefficient (Wildman–Crippen LogP) is 3.43. The zero-order valence-electron chi connectivity index (χ0n) is 14.6. The minimum atomic E-state index is -3.46. The summed E-state index contributed by atoms with van der Waals surface area (Å²) >= 11 is 12.1. The van der Waals surface area contributed by atoms with E-state index in [9.17, 15) is 18.0 Å². The molecule has 10 heteroatoms. The zero-order chi connectivity index (χ0) is 20.4. The number of hydrogen-bond acceptors (Lipinski definition) is 5. The number of nitrogens with one attached hydrogen (secondary N) is 1. The van der Waals surface area contributed by atoms with E-state index in [-0.39, 0.29) is 21.2 Å². The number of nitrogens with zero attached hydrogens (tertiary/aromatic N) is 1. The first kappa shape index (κ1) is 21.0. The lowest BCUT2D eigenvalue weighted by molar-refractivity contribution is 0.0600. The molecule has 0 atom stereocenters. The van der Waals surface area contributed by atoms with E-state index in [1.54, 1.807) is 0 Å². The van der Waals surface area contributed by atoms with Crippen molar-refractivity contribution >= 4 is 56.5 Å². The lowest BCUT2D eigenvalue weighted by Gasteiger charge is -2.17. The highest BCUT2D eigenvalue weighted by Gasteiger charge is 2.17. The summed E-state index contributed by atoms with van der Waals surface area (Å²) in [6.07, 6.45) is 1.06. The molecule has 0 heterocycles. The van der Waals surface area contributed by atoms with Gasteiger partial charge < -0.3 is 10.1 Å². The van der Waals surface area contributed by atoms with Crippen LogP contribution in [0.2, 0.25) is 10.0 Å². The van der Waals surface area contributed by atoms with Crippen molar-refractivity contribution in [3.05, 3.63) is 57.6 Å². The van der Waals surface area contributed by atoms with Crippen molar-refractivity contribution in [3.63, 3.8) is 0 Å². The second-order valence-corrected chi connectivity index (χ2v) is 8.36. The first-order valence-corrected chi connectivity index (χ1v) is 10.1. The van der Waals surface area contributed by atoms with Gasteiger partial charge in [-0.1, -0.05) is 23.2 Å². The van der Waals surface area contributed by atoms with Crippen molar-refractivity contribution in [2.45, 2.75) is 0 Å². The number of sulfonamides is 1. The average molecular weight is 431 g/mol. The van der Waals surface area contributed by atoms with Crippen molar-refractivity contribution in [2.75, 3.05) is 30.0 Å². The van der Waals surface area contributed by atoms with Crippen molar-refractivity contribution in [2.24, 2.45) is 0 Å². The van der Waals surface area contributed by atoms with E-state index in [2.05, 4.69) is 10.1 Å². The topological polar surface area (TPSA) is 92.8 Å². The van der Waals surface area contributed by atoms with E-state index < -0.39 is 21.9 Å². The number of methoxy groups -OCH3 is 1. The Kier molecular flexibility index (Phi) is 6.35. The highest BCUT2D eigenvalue weighted by atomic mass is 35.5. The second kappa shape index (κ2) is 8.16. The molecule has 0 spiro atoms. The largest absolute Gasteiger partial charge is 0.465 e. The number of amides is 1. The Morgan fingerprint density at radius 1 is 1.04 bits per heavy atom. The third kappa shape index (κ3) is 4.91. The fourth-order valence-electron chi connectivity index (χ4n) is 2.14. The van der Waals surface area contributed by atoms with Crippen LogP contribution in [-0.4, -0.2) is 40.7 Å². The van der Waals surface area contributed by atoms with Crippen LogP contribution < -0.4 is 9.62 Å². The van der Waals surface area contributed by atoms with Gasteiger partial charge in [-0.3, -0.25) is 9.10 Å². The van der Waals surface area contributed by atoms with E-state index in [0.717, 1.165) is 10.6 Å². The molecule has 7 nitrogen and oxygen atoms in total. The summed E-state index contributed by atoms with van der Waals surface area (Å²) in [5.74, 6) is -1.17. The lowest BCUT2D eigenvalue weighted by Crippen LogP contribution is -2.25. The Morgan fingerprint density at radius 3 is 2.26 bits per heavy atom. The standard InChI is InChI=1S/C17H16Cl2N2O5S/c1-21(27(3,24)25)11-5-6-12(15(19)9-11)16(22)20-10-4-7-14(18)13(8-10)17(23)26-2/h4-9H,1-3H3,(H,20,22). The number of halogens is 2. The predicted molar refractivity (Wildman–Crippen MR) is 105 cm³/mol. The highest BCUT2D eigenvalue weighted by Crippen LogP contribution is 2.26. The lowest BCUT2D eigenvalue weighted by atomic mass is 10.1. The van der Waals surface area contributed by atoms with Gasteiger partial charge in [-0.05, 0) is 36.4 Å². The van der Waals surface area contributed by atoms with Crippen LogP contribution in [-0.2, 0) is 14.8 Å². The molecule has 0 unspecified atom stereocenters. The van der Waals surface area contributed by atoms with Crippen LogP contribution in [0.5, 0.6) is 0 Å². The first-order valence-electron chi connectivity index (χ1n) is 7.47. The molecule has 144 valence electrons. The van der Waals surface area contributed by atoms with Crippen LogP contribution in [0.15, 0.2) is 36.4 Å². The number of esters is 1. The molecule has 0 fully saturated rings. The third-order valence-corrected chi connectivity index (χ3v) is 5.54. The van der Waals surface area contributed by atoms with Crippen LogP contribution in [0.1, 0.15) is 20.7 Å². The molecule has 2 aromatic rings. The van der Waals surface area contributed by atoms with Crippen molar-refractivity contribution in [1.29, 1.82) is 0 Å². The smallest absolute Gasteiger partial charge is 0.339 e. The number of carbonyl (C=O) groups excluding carboxylic acids is 2. The maximum Gasteiger partial charge on any atom is 0.339 e. The first-order chi connectivity index (χ1) is 12.5. The Labute approximate surface area is 166 Å². The molecule has 0 aromatic heterocycles. The molecule has 0 bridgehead atoms. The number of benzene rings is 2. The maximum atomic E-state index is 12.5. The van der Waals surface area contributed by atoms with Crippen molar-refractivity contribution in [3.8, 4) is 0 Å². The Hall–Kier alpha value is -2.29. The fourth-order valence-corrected chi connectivity index (χ4v) is 3.10. The van der Waals surface area contributed by atoms with Crippen LogP contribution in [0.25, 0.3) is 0 Å². The Morgan fingerprint density at radius 2 is 1.70 bits per heavy atom. The molecule has 2 aromatic carbocycles. The van der Waals surface area contributed by atoms with E-state index in [4.69, 9.17) is 23.2 Å². The van der Waals surface area contributed by atoms with Gasteiger partial charge in [-0.15, -0.1) is 0 Å². The SMILES string of the molecule is COC(=O)c1cc(NC(=O)c2ccc(N(C)S(C)(=O)=O)cc2Cl)ccc1Cl. The van der Waals surface area contributed by atoms with Gasteiger partial charge in [-0.2, -0.15) is 0 Å². The molecule has 1 amide bonds. The molecule has 2 rings (SSSR count). The van der Waals surface area contributed by atoms with Gasteiger partial charge in [0.2, 0.25) is 10.0 Å². The molecule has 1 N–H and O–H groups in total. The minimum absolute atomic E-state index is 0.0719. The molecule has 0 radical (unpaired) electrons. The monoisotopic (exact) mass is 430 g/mol. The van der Waals surface area contributed by atoms with Crippen molar-refractivity contribution in [1.82, 2.24) is 0 Å². The van der Waals surface area contributed by atoms with Gasteiger partial charge in [-0.25, -0.2) is 13.2 Å². The molecule has 0 aliphatic carbocycles. The molecule has 0 saturated heterocycles. The number of rotatable bonds is 5. The summed E-state index contributed by atoms with van der Waals surface area (Å²) in [5.41, 5.74) is 0.877. The fraction of sp³-hybridized carbons (Fsp3) is 0.176. The van der Waals surface area contributed by atoms with Crippen LogP contribution in [0.4, 0.5) is 11.4 Å². The van der Waals surface area contributed by atoms with Gasteiger partial charge in [0.15, 0.2) is 0 Å². The maximum absolute atomic E-state index is 12.5. The number of anilines is 2. The number of hydrogen-bond donors (Lipinski definition) is 1. The molecule has 0 aliphatic rings. The normalized spacial score (nSPS) is 11.0. The van der Waals surface area contributed by atoms with E-state index in [1.165, 1.54) is 50.6 Å². The van der Waals surface area contributed by atoms with Crippen molar-refractivity contribution < 1.29 is 22.7 Å². The van der Waals surface area contributed by atoms with Crippen LogP contribution >= 0.6 is 23.2 Å². The zero-order valence-corrected chi connectivity index (χ0v) is 16.9. The van der Waals surface area contributed by atoms with Gasteiger partial charge in [0.25, 0.3) is 5.91 Å². The summed E-state index contributed by atoms with van der Waals surface area (Å²) in [6, 6.07) is 8.60. The second-order valence-electron chi connectivity index (χ2n) is 5.53. The molecular weight excluding hydrogens is 415 g/mol. The van der Waals surface area contributed by atoms with Gasteiger partial charge in [0.05, 0.1) is 40.2 Å². The van der Waals surface area contributed by atoms with Gasteiger partial charge >= 0.3 is 5.97 Å². The van der Waals surface area contributed by atoms with Gasteiger partial charge in [0.1, 0.15) is 0 Å². The minimum Gasteiger partial charge on any atom is -0.465 e. The quantitative estimate of drug-likeness (QED) is 0.733. The Bertz CT molecular complexity index is 1010. The van der Waals surface area contributed by atoms with Crippen LogP contribution in [0.3, 0.4) is 0 Å². The number of ether oxygens (including phenoxy) is 1. The highest BCUT2D eigenvalue weighted by molar-refractivity contribution is 7.92. The number of carbonyl (C=O) groups is 2. The van der Waals surface area contributed by atoms with E-state index >= 15 is 0 Å². The molecule has 0 aliphatic heterocycles. The summed E-state index contributed by atoms with van der Waals surface area (Å²) < 4.78 is 28.9. The van der Waals surface area contributed by atoms with Gasteiger partial charge in [0, 0.05) is 12.7 Å². The summed E-state index contributed by atoms with van der Waals surface area (Å²) in [7, 11) is -0.857. The van der Waals surface area contributed by atoms with Crippen LogP contribution in [0, 0.1) is 0 Å². The summed E-state index contributed by atoms with van der Waals surface area (Å²) in [6.45, 7) is 0. The molecule has 27 heavy (non-hydrogen) atoms. The summed E-state index contributed by atoms with van der Waals surface area (Å²) in [4.78, 5) is 24.2. The molecular formula is C17H16Cl2N2O5S. The molecule has 0 saturated carbocycles.